The van der Waals surface area contributed by atoms with Crippen LogP contribution in [0.25, 0.3) is 0 Å². The third-order valence-corrected chi connectivity index (χ3v) is 3.33. The Balaban J connectivity index is 1.59. The van der Waals surface area contributed by atoms with Gasteiger partial charge in [0.15, 0.2) is 0 Å². The van der Waals surface area contributed by atoms with E-state index in [9.17, 15) is 0 Å². The first kappa shape index (κ1) is 13.4. The van der Waals surface area contributed by atoms with Crippen LogP contribution in [0.15, 0.2) is 54.6 Å². The molecule has 0 bridgehead atoms. The maximum absolute atomic E-state index is 4.47. The smallest absolute Gasteiger partial charge is 0.246 e. The quantitative estimate of drug-likeness (QED) is 0.749. The second-order valence-corrected chi connectivity index (χ2v) is 5.08. The van der Waals surface area contributed by atoms with Crippen molar-refractivity contribution in [2.45, 2.75) is 19.8 Å². The molecule has 0 atom stereocenters. The van der Waals surface area contributed by atoms with Crippen LogP contribution in [0.3, 0.4) is 0 Å². The molecule has 2 N–H and O–H groups in total. The van der Waals surface area contributed by atoms with Crippen molar-refractivity contribution in [3.8, 4) is 0 Å². The van der Waals surface area contributed by atoms with E-state index in [-0.39, 0.29) is 0 Å². The van der Waals surface area contributed by atoms with Gasteiger partial charge in [-0.25, -0.2) is 0 Å². The van der Waals surface area contributed by atoms with Gasteiger partial charge in [-0.3, -0.25) is 5.10 Å². The highest BCUT2D eigenvalue weighted by molar-refractivity contribution is 5.53. The standard InChI is InChI=1S/C17H18N4/c1-13-7-10-15(11-8-13)18-17-19-16(20-21-17)12-9-14-5-3-2-4-6-14/h2-8,10-11H,9,12H2,1H3,(H2,18,19,20,21). The Morgan fingerprint density at radius 3 is 2.48 bits per heavy atom. The highest BCUT2D eigenvalue weighted by Crippen LogP contribution is 2.13. The van der Waals surface area contributed by atoms with E-state index in [1.54, 1.807) is 0 Å². The molecule has 0 amide bonds. The van der Waals surface area contributed by atoms with Crippen molar-refractivity contribution in [1.29, 1.82) is 0 Å². The van der Waals surface area contributed by atoms with Crippen LogP contribution >= 0.6 is 0 Å². The summed E-state index contributed by atoms with van der Waals surface area (Å²) in [7, 11) is 0. The molecule has 4 nitrogen and oxygen atoms in total. The van der Waals surface area contributed by atoms with Crippen LogP contribution in [-0.4, -0.2) is 15.2 Å². The zero-order valence-corrected chi connectivity index (χ0v) is 12.0. The van der Waals surface area contributed by atoms with Crippen LogP contribution in [0.1, 0.15) is 17.0 Å². The SMILES string of the molecule is Cc1ccc(Nc2n[nH]c(CCc3ccccc3)n2)cc1. The van der Waals surface area contributed by atoms with Crippen LogP contribution in [0.4, 0.5) is 11.6 Å². The summed E-state index contributed by atoms with van der Waals surface area (Å²) in [5, 5.41) is 10.4. The lowest BCUT2D eigenvalue weighted by molar-refractivity contribution is 0.865. The molecule has 3 rings (SSSR count). The number of H-pyrrole nitrogens is 1. The number of aromatic nitrogens is 3. The summed E-state index contributed by atoms with van der Waals surface area (Å²) >= 11 is 0. The van der Waals surface area contributed by atoms with Crippen LogP contribution in [0.5, 0.6) is 0 Å². The number of aryl methyl sites for hydroxylation is 3. The van der Waals surface area contributed by atoms with Crippen LogP contribution in [0.2, 0.25) is 0 Å². The number of benzene rings is 2. The Morgan fingerprint density at radius 1 is 0.952 bits per heavy atom. The normalized spacial score (nSPS) is 10.5. The predicted molar refractivity (Wildman–Crippen MR) is 84.7 cm³/mol. The number of hydrogen-bond acceptors (Lipinski definition) is 3. The van der Waals surface area contributed by atoms with Gasteiger partial charge in [0.05, 0.1) is 0 Å². The Kier molecular flexibility index (Phi) is 3.96. The maximum Gasteiger partial charge on any atom is 0.246 e. The fourth-order valence-corrected chi connectivity index (χ4v) is 2.14. The van der Waals surface area contributed by atoms with Gasteiger partial charge >= 0.3 is 0 Å². The largest absolute Gasteiger partial charge is 0.323 e. The van der Waals surface area contributed by atoms with E-state index in [1.807, 2.05) is 18.2 Å². The first-order valence-corrected chi connectivity index (χ1v) is 7.08. The molecule has 0 spiro atoms. The molecule has 1 heterocycles. The van der Waals surface area contributed by atoms with Crippen LogP contribution in [-0.2, 0) is 12.8 Å². The Hall–Kier alpha value is -2.62. The molecule has 0 saturated heterocycles. The molecular weight excluding hydrogens is 260 g/mol. The van der Waals surface area contributed by atoms with E-state index in [1.165, 1.54) is 11.1 Å². The van der Waals surface area contributed by atoms with E-state index < -0.39 is 0 Å². The van der Waals surface area contributed by atoms with Crippen molar-refractivity contribution in [3.63, 3.8) is 0 Å². The van der Waals surface area contributed by atoms with Crippen molar-refractivity contribution in [2.24, 2.45) is 0 Å². The van der Waals surface area contributed by atoms with Crippen LogP contribution < -0.4 is 5.32 Å². The third kappa shape index (κ3) is 3.69. The molecule has 2 aromatic carbocycles. The average molecular weight is 278 g/mol. The Bertz CT molecular complexity index is 686. The Morgan fingerprint density at radius 2 is 1.71 bits per heavy atom. The number of nitrogens with zero attached hydrogens (tertiary/aromatic N) is 2. The number of hydrogen-bond donors (Lipinski definition) is 2. The zero-order valence-electron chi connectivity index (χ0n) is 12.0. The van der Waals surface area contributed by atoms with Gasteiger partial charge in [0.25, 0.3) is 0 Å². The lowest BCUT2D eigenvalue weighted by Gasteiger charge is -2.01. The van der Waals surface area contributed by atoms with Gasteiger partial charge in [0, 0.05) is 12.1 Å². The molecule has 0 aliphatic heterocycles. The summed E-state index contributed by atoms with van der Waals surface area (Å²) in [6.45, 7) is 2.07. The minimum Gasteiger partial charge on any atom is -0.323 e. The number of anilines is 2. The molecule has 0 fully saturated rings. The van der Waals surface area contributed by atoms with E-state index in [4.69, 9.17) is 0 Å². The predicted octanol–water partition coefficient (Wildman–Crippen LogP) is 3.64. The first-order valence-electron chi connectivity index (χ1n) is 7.08. The van der Waals surface area contributed by atoms with Crippen molar-refractivity contribution in [1.82, 2.24) is 15.2 Å². The van der Waals surface area contributed by atoms with Crippen molar-refractivity contribution in [2.75, 3.05) is 5.32 Å². The van der Waals surface area contributed by atoms with Gasteiger partial charge < -0.3 is 5.32 Å². The molecule has 0 radical (unpaired) electrons. The molecule has 4 heteroatoms. The maximum atomic E-state index is 4.47. The van der Waals surface area contributed by atoms with E-state index in [2.05, 4.69) is 63.8 Å². The van der Waals surface area contributed by atoms with Gasteiger partial charge in [-0.2, -0.15) is 4.98 Å². The van der Waals surface area contributed by atoms with Gasteiger partial charge in [-0.05, 0) is 31.0 Å². The molecule has 21 heavy (non-hydrogen) atoms. The minimum absolute atomic E-state index is 0.613. The first-order chi connectivity index (χ1) is 10.3. The van der Waals surface area contributed by atoms with Crippen molar-refractivity contribution >= 4 is 11.6 Å². The summed E-state index contributed by atoms with van der Waals surface area (Å²) in [5.74, 6) is 1.51. The molecule has 3 aromatic rings. The van der Waals surface area contributed by atoms with Gasteiger partial charge in [0.2, 0.25) is 5.95 Å². The lowest BCUT2D eigenvalue weighted by atomic mass is 10.1. The molecular formula is C17H18N4. The van der Waals surface area contributed by atoms with E-state index >= 15 is 0 Å². The van der Waals surface area contributed by atoms with Crippen LogP contribution in [0, 0.1) is 6.92 Å². The Labute approximate surface area is 124 Å². The molecule has 106 valence electrons. The van der Waals surface area contributed by atoms with Gasteiger partial charge in [-0.1, -0.05) is 48.0 Å². The fraction of sp³-hybridized carbons (Fsp3) is 0.176. The summed E-state index contributed by atoms with van der Waals surface area (Å²) < 4.78 is 0. The van der Waals surface area contributed by atoms with E-state index in [0.717, 1.165) is 24.4 Å². The minimum atomic E-state index is 0.613. The topological polar surface area (TPSA) is 53.6 Å². The molecule has 0 unspecified atom stereocenters. The molecule has 1 aromatic heterocycles. The zero-order chi connectivity index (χ0) is 14.5. The third-order valence-electron chi connectivity index (χ3n) is 3.33. The second-order valence-electron chi connectivity index (χ2n) is 5.08. The fourth-order valence-electron chi connectivity index (χ4n) is 2.14. The summed E-state index contributed by atoms with van der Waals surface area (Å²) in [5.41, 5.74) is 3.54. The highest BCUT2D eigenvalue weighted by atomic mass is 15.3. The number of aromatic amines is 1. The monoisotopic (exact) mass is 278 g/mol. The van der Waals surface area contributed by atoms with Crippen molar-refractivity contribution < 1.29 is 0 Å². The average Bonchev–Trinajstić information content (AvgIpc) is 2.96. The molecule has 0 aliphatic carbocycles. The van der Waals surface area contributed by atoms with Gasteiger partial charge in [-0.15, -0.1) is 5.10 Å². The lowest BCUT2D eigenvalue weighted by Crippen LogP contribution is -1.94. The van der Waals surface area contributed by atoms with Gasteiger partial charge in [0.1, 0.15) is 5.82 Å². The highest BCUT2D eigenvalue weighted by Gasteiger charge is 2.04. The summed E-state index contributed by atoms with van der Waals surface area (Å²) in [4.78, 5) is 4.47. The number of rotatable bonds is 5. The summed E-state index contributed by atoms with van der Waals surface area (Å²) in [6.07, 6.45) is 1.81. The second kappa shape index (κ2) is 6.22. The molecule has 0 saturated carbocycles. The summed E-state index contributed by atoms with van der Waals surface area (Å²) in [6, 6.07) is 18.6. The van der Waals surface area contributed by atoms with Crippen molar-refractivity contribution in [3.05, 3.63) is 71.5 Å². The number of nitrogens with one attached hydrogen (secondary N) is 2. The molecule has 0 aliphatic rings. The van der Waals surface area contributed by atoms with E-state index in [0.29, 0.717) is 5.95 Å².